The van der Waals surface area contributed by atoms with E-state index in [4.69, 9.17) is 9.97 Å². The molecule has 11 rings (SSSR count). The van der Waals surface area contributed by atoms with Gasteiger partial charge in [0.05, 0.1) is 16.7 Å². The molecule has 0 aliphatic rings. The third kappa shape index (κ3) is 6.02. The molecule has 0 fully saturated rings. The predicted octanol–water partition coefficient (Wildman–Crippen LogP) is 13.4. The molecule has 0 aliphatic heterocycles. The van der Waals surface area contributed by atoms with Gasteiger partial charge in [-0.1, -0.05) is 194 Å². The van der Waals surface area contributed by atoms with E-state index in [-0.39, 0.29) is 0 Å². The Morgan fingerprint density at radius 2 is 0.800 bits per heavy atom. The highest BCUT2D eigenvalue weighted by Crippen LogP contribution is 2.47. The van der Waals surface area contributed by atoms with E-state index in [1.807, 2.05) is 72.9 Å². The molecular formula is C56H37N2OP. The first kappa shape index (κ1) is 35.7. The Kier molecular flexibility index (Phi) is 8.77. The van der Waals surface area contributed by atoms with Crippen molar-refractivity contribution in [2.24, 2.45) is 0 Å². The van der Waals surface area contributed by atoms with Crippen LogP contribution in [0.25, 0.3) is 88.0 Å². The Labute approximate surface area is 348 Å². The maximum atomic E-state index is 15.2. The zero-order valence-electron chi connectivity index (χ0n) is 32.6. The summed E-state index contributed by atoms with van der Waals surface area (Å²) in [6.07, 6.45) is 1.84. The Morgan fingerprint density at radius 1 is 0.333 bits per heavy atom. The van der Waals surface area contributed by atoms with Gasteiger partial charge in [-0.3, -0.25) is 4.98 Å². The zero-order chi connectivity index (χ0) is 40.0. The fraction of sp³-hybridized carbons (Fsp3) is 0. The first-order chi connectivity index (χ1) is 29.6. The van der Waals surface area contributed by atoms with Gasteiger partial charge in [-0.15, -0.1) is 0 Å². The van der Waals surface area contributed by atoms with Crippen molar-refractivity contribution in [1.29, 1.82) is 0 Å². The fourth-order valence-electron chi connectivity index (χ4n) is 8.87. The van der Waals surface area contributed by atoms with E-state index in [1.165, 1.54) is 27.3 Å². The zero-order valence-corrected chi connectivity index (χ0v) is 33.5. The molecule has 4 heteroatoms. The minimum absolute atomic E-state index is 0.813. The summed E-state index contributed by atoms with van der Waals surface area (Å²) in [6, 6.07) is 75.7. The second kappa shape index (κ2) is 14.7. The lowest BCUT2D eigenvalue weighted by molar-refractivity contribution is 0.592. The molecule has 0 N–H and O–H groups in total. The smallest absolute Gasteiger partial charge is 0.171 e. The SMILES string of the molecule is O=P(c1ccccc1)(c1ccccc1)c1ccc(-c2ccc3c(-c4ccccc4)c4cc(-c5ccc6ccc7cccnc7c6n5)ccc4c(-c4ccccc4)c3c2)cc1. The normalized spacial score (nSPS) is 11.7. The molecule has 0 atom stereocenters. The summed E-state index contributed by atoms with van der Waals surface area (Å²) in [4.78, 5) is 9.97. The first-order valence-corrected chi connectivity index (χ1v) is 22.0. The molecular weight excluding hydrogens is 748 g/mol. The van der Waals surface area contributed by atoms with Crippen LogP contribution in [0.2, 0.25) is 0 Å². The summed E-state index contributed by atoms with van der Waals surface area (Å²) in [5.74, 6) is 0. The van der Waals surface area contributed by atoms with Gasteiger partial charge >= 0.3 is 0 Å². The van der Waals surface area contributed by atoms with Crippen molar-refractivity contribution in [3.63, 3.8) is 0 Å². The van der Waals surface area contributed by atoms with E-state index in [2.05, 4.69) is 152 Å². The molecule has 0 spiro atoms. The Morgan fingerprint density at radius 3 is 1.38 bits per heavy atom. The largest absolute Gasteiger partial charge is 0.309 e. The van der Waals surface area contributed by atoms with Crippen LogP contribution in [-0.4, -0.2) is 9.97 Å². The molecule has 9 aromatic carbocycles. The van der Waals surface area contributed by atoms with Crippen LogP contribution >= 0.6 is 7.14 Å². The molecule has 60 heavy (non-hydrogen) atoms. The minimum atomic E-state index is -3.10. The number of hydrogen-bond acceptors (Lipinski definition) is 3. The molecule has 0 amide bonds. The number of pyridine rings is 2. The van der Waals surface area contributed by atoms with E-state index >= 15 is 4.57 Å². The van der Waals surface area contributed by atoms with Crippen molar-refractivity contribution in [1.82, 2.24) is 9.97 Å². The van der Waals surface area contributed by atoms with Gasteiger partial charge in [0, 0.05) is 38.4 Å². The maximum absolute atomic E-state index is 15.2. The highest BCUT2D eigenvalue weighted by Gasteiger charge is 2.29. The van der Waals surface area contributed by atoms with Crippen molar-refractivity contribution in [2.75, 3.05) is 0 Å². The van der Waals surface area contributed by atoms with Gasteiger partial charge in [0.2, 0.25) is 0 Å². The number of rotatable bonds is 7. The van der Waals surface area contributed by atoms with Crippen LogP contribution in [0.1, 0.15) is 0 Å². The van der Waals surface area contributed by atoms with Crippen molar-refractivity contribution >= 4 is 66.4 Å². The Balaban J connectivity index is 1.12. The van der Waals surface area contributed by atoms with Gasteiger partial charge in [0.25, 0.3) is 0 Å². The van der Waals surface area contributed by atoms with Crippen molar-refractivity contribution in [3.8, 4) is 44.6 Å². The monoisotopic (exact) mass is 784 g/mol. The first-order valence-electron chi connectivity index (χ1n) is 20.2. The molecule has 0 saturated carbocycles. The summed E-state index contributed by atoms with van der Waals surface area (Å²) < 4.78 is 15.2. The van der Waals surface area contributed by atoms with Crippen LogP contribution in [0.5, 0.6) is 0 Å². The molecule has 0 unspecified atom stereocenters. The van der Waals surface area contributed by atoms with E-state index in [0.717, 1.165) is 76.6 Å². The predicted molar refractivity (Wildman–Crippen MR) is 253 cm³/mol. The Hall–Kier alpha value is -7.45. The second-order valence-electron chi connectivity index (χ2n) is 15.2. The molecule has 0 radical (unpaired) electrons. The van der Waals surface area contributed by atoms with Crippen LogP contribution in [0.15, 0.2) is 225 Å². The van der Waals surface area contributed by atoms with Crippen LogP contribution in [0.3, 0.4) is 0 Å². The quantitative estimate of drug-likeness (QED) is 0.0918. The summed E-state index contributed by atoms with van der Waals surface area (Å²) in [7, 11) is -3.10. The number of aromatic nitrogens is 2. The molecule has 2 heterocycles. The summed E-state index contributed by atoms with van der Waals surface area (Å²) in [5.41, 5.74) is 10.6. The van der Waals surface area contributed by atoms with E-state index in [9.17, 15) is 0 Å². The second-order valence-corrected chi connectivity index (χ2v) is 18.0. The average molecular weight is 785 g/mol. The van der Waals surface area contributed by atoms with Gasteiger partial charge in [-0.05, 0) is 79.2 Å². The fourth-order valence-corrected chi connectivity index (χ4v) is 11.5. The topological polar surface area (TPSA) is 42.9 Å². The summed E-state index contributed by atoms with van der Waals surface area (Å²) >= 11 is 0. The molecule has 11 aromatic rings. The number of nitrogens with zero attached hydrogens (tertiary/aromatic N) is 2. The Bertz CT molecular complexity index is 3380. The van der Waals surface area contributed by atoms with Gasteiger partial charge in [0.1, 0.15) is 0 Å². The molecule has 3 nitrogen and oxygen atoms in total. The highest BCUT2D eigenvalue weighted by molar-refractivity contribution is 7.85. The van der Waals surface area contributed by atoms with Crippen molar-refractivity contribution in [2.45, 2.75) is 0 Å². The van der Waals surface area contributed by atoms with E-state index in [0.29, 0.717) is 0 Å². The molecule has 2 aromatic heterocycles. The number of benzene rings is 9. The van der Waals surface area contributed by atoms with Crippen LogP contribution in [0.4, 0.5) is 0 Å². The van der Waals surface area contributed by atoms with Gasteiger partial charge in [-0.2, -0.15) is 0 Å². The molecule has 282 valence electrons. The standard InChI is InChI=1S/C56H37N2OP/c59-60(45-19-9-3-10-20-45,46-21-11-4-12-22-46)47-30-25-38(26-31-47)43-27-32-48-50(36-43)53(39-14-5-1-6-15-39)49-33-28-44(37-51(49)54(48)40-16-7-2-8-17-40)52-34-29-42-24-23-41-18-13-35-57-55(41)56(42)58-52/h1-37H. The lowest BCUT2D eigenvalue weighted by Gasteiger charge is -2.21. The lowest BCUT2D eigenvalue weighted by atomic mass is 9.84. The van der Waals surface area contributed by atoms with E-state index < -0.39 is 7.14 Å². The summed E-state index contributed by atoms with van der Waals surface area (Å²) in [5, 5.41) is 9.29. The van der Waals surface area contributed by atoms with E-state index in [1.54, 1.807) is 0 Å². The maximum Gasteiger partial charge on any atom is 0.171 e. The third-order valence-electron chi connectivity index (χ3n) is 11.8. The molecule has 0 saturated heterocycles. The molecule has 0 bridgehead atoms. The number of hydrogen-bond donors (Lipinski definition) is 0. The average Bonchev–Trinajstić information content (AvgIpc) is 3.33. The van der Waals surface area contributed by atoms with Gasteiger partial charge in [-0.25, -0.2) is 4.98 Å². The highest BCUT2D eigenvalue weighted by atomic mass is 31.2. The van der Waals surface area contributed by atoms with Crippen molar-refractivity contribution in [3.05, 3.63) is 225 Å². The van der Waals surface area contributed by atoms with Gasteiger partial charge in [0.15, 0.2) is 7.14 Å². The lowest BCUT2D eigenvalue weighted by Crippen LogP contribution is -2.24. The van der Waals surface area contributed by atoms with Crippen LogP contribution in [0, 0.1) is 0 Å². The van der Waals surface area contributed by atoms with Crippen LogP contribution < -0.4 is 15.9 Å². The minimum Gasteiger partial charge on any atom is -0.309 e. The third-order valence-corrected chi connectivity index (χ3v) is 14.8. The number of fused-ring (bicyclic) bond motifs is 5. The van der Waals surface area contributed by atoms with Gasteiger partial charge < -0.3 is 4.57 Å². The summed E-state index contributed by atoms with van der Waals surface area (Å²) in [6.45, 7) is 0. The molecule has 0 aliphatic carbocycles. The van der Waals surface area contributed by atoms with Crippen LogP contribution in [-0.2, 0) is 4.57 Å². The van der Waals surface area contributed by atoms with Crippen molar-refractivity contribution < 1.29 is 4.57 Å².